The zero-order chi connectivity index (χ0) is 30.2. The molecule has 1 atom stereocenters. The molecule has 2 heterocycles. The number of nitrogens with zero attached hydrogens (tertiary/aromatic N) is 4. The minimum atomic E-state index is -1.11. The Morgan fingerprint density at radius 3 is 2.28 bits per heavy atom. The molecule has 1 saturated heterocycles. The molecule has 4 aromatic rings. The number of hydrogen-bond donors (Lipinski definition) is 2. The third-order valence-electron chi connectivity index (χ3n) is 7.33. The summed E-state index contributed by atoms with van der Waals surface area (Å²) in [7, 11) is 0. The molecular formula is C33H32ClN5O4. The van der Waals surface area contributed by atoms with Crippen LogP contribution in [0.5, 0.6) is 0 Å². The van der Waals surface area contributed by atoms with Gasteiger partial charge in [-0.05, 0) is 61.1 Å². The molecule has 0 unspecified atom stereocenters. The van der Waals surface area contributed by atoms with Crippen LogP contribution in [0.15, 0.2) is 91.1 Å². The molecule has 0 spiro atoms. The molecule has 1 aromatic heterocycles. The number of aliphatic carboxylic acids is 1. The number of anilines is 2. The van der Waals surface area contributed by atoms with Crippen LogP contribution in [-0.4, -0.2) is 56.9 Å². The molecule has 0 saturated carbocycles. The first-order valence-corrected chi connectivity index (χ1v) is 14.5. The van der Waals surface area contributed by atoms with Crippen LogP contribution in [0.25, 0.3) is 0 Å². The summed E-state index contributed by atoms with van der Waals surface area (Å²) in [6, 6.07) is 25.6. The summed E-state index contributed by atoms with van der Waals surface area (Å²) < 4.78 is 0. The van der Waals surface area contributed by atoms with E-state index in [0.717, 1.165) is 17.5 Å². The van der Waals surface area contributed by atoms with E-state index >= 15 is 0 Å². The van der Waals surface area contributed by atoms with Crippen LogP contribution in [0.1, 0.15) is 40.0 Å². The van der Waals surface area contributed by atoms with Crippen LogP contribution in [-0.2, 0) is 29.0 Å². The summed E-state index contributed by atoms with van der Waals surface area (Å²) in [5.74, 6) is -1.38. The van der Waals surface area contributed by atoms with Gasteiger partial charge in [0, 0.05) is 30.0 Å². The van der Waals surface area contributed by atoms with Gasteiger partial charge in [0.05, 0.1) is 11.3 Å². The van der Waals surface area contributed by atoms with Crippen molar-refractivity contribution in [2.45, 2.75) is 38.3 Å². The molecule has 2 amide bonds. The summed E-state index contributed by atoms with van der Waals surface area (Å²) >= 11 is 5.98. The van der Waals surface area contributed by atoms with Crippen molar-refractivity contribution in [2.75, 3.05) is 23.3 Å². The minimum absolute atomic E-state index is 0.130. The van der Waals surface area contributed by atoms with Crippen molar-refractivity contribution in [3.63, 3.8) is 0 Å². The quantitative estimate of drug-likeness (QED) is 0.243. The van der Waals surface area contributed by atoms with Gasteiger partial charge in [0.15, 0.2) is 0 Å². The fraction of sp³-hybridized carbons (Fsp3) is 0.242. The highest BCUT2D eigenvalue weighted by atomic mass is 35.5. The van der Waals surface area contributed by atoms with E-state index in [2.05, 4.69) is 10.3 Å². The lowest BCUT2D eigenvalue weighted by Crippen LogP contribution is -2.41. The van der Waals surface area contributed by atoms with Gasteiger partial charge in [-0.2, -0.15) is 0 Å². The standard InChI is InChI=1S/C33H32ClN5O4/c34-25-14-16-26(17-15-25)36-31(42)29-12-7-19-39(29)33-35-20-27(28(37-33)18-13-23-8-3-1-4-9-23)32(43)38(22-30(40)41)21-24-10-5-2-6-11-24/h1-6,8-11,14-17,20,29H,7,12-13,18-19,21-22H2,(H,36,42)(H,40,41)/t29-/m0/s1. The molecule has 3 aromatic carbocycles. The van der Waals surface area contributed by atoms with Gasteiger partial charge in [-0.3, -0.25) is 14.4 Å². The number of carboxylic acid groups (broad SMARTS) is 1. The van der Waals surface area contributed by atoms with Gasteiger partial charge in [0.2, 0.25) is 11.9 Å². The Kier molecular flexibility index (Phi) is 9.63. The number of carboxylic acids is 1. The van der Waals surface area contributed by atoms with Gasteiger partial charge in [0.1, 0.15) is 12.6 Å². The molecule has 2 N–H and O–H groups in total. The number of amides is 2. The van der Waals surface area contributed by atoms with Gasteiger partial charge in [0.25, 0.3) is 5.91 Å². The first kappa shape index (κ1) is 29.7. The van der Waals surface area contributed by atoms with E-state index in [1.807, 2.05) is 65.6 Å². The molecule has 1 aliphatic rings. The normalized spacial score (nSPS) is 14.3. The number of benzene rings is 3. The van der Waals surface area contributed by atoms with Crippen molar-refractivity contribution < 1.29 is 19.5 Å². The van der Waals surface area contributed by atoms with Crippen molar-refractivity contribution in [1.82, 2.24) is 14.9 Å². The van der Waals surface area contributed by atoms with Crippen LogP contribution >= 0.6 is 11.6 Å². The Morgan fingerprint density at radius 1 is 0.930 bits per heavy atom. The molecular weight excluding hydrogens is 566 g/mol. The average Bonchev–Trinajstić information content (AvgIpc) is 3.52. The third kappa shape index (κ3) is 7.75. The molecule has 0 aliphatic carbocycles. The lowest BCUT2D eigenvalue weighted by molar-refractivity contribution is -0.137. The fourth-order valence-corrected chi connectivity index (χ4v) is 5.32. The third-order valence-corrected chi connectivity index (χ3v) is 7.58. The maximum atomic E-state index is 13.8. The maximum Gasteiger partial charge on any atom is 0.323 e. The molecule has 0 radical (unpaired) electrons. The van der Waals surface area contributed by atoms with E-state index in [1.165, 1.54) is 11.1 Å². The first-order chi connectivity index (χ1) is 20.9. The largest absolute Gasteiger partial charge is 0.480 e. The highest BCUT2D eigenvalue weighted by molar-refractivity contribution is 6.30. The lowest BCUT2D eigenvalue weighted by Gasteiger charge is -2.26. The van der Waals surface area contributed by atoms with E-state index < -0.39 is 24.5 Å². The number of rotatable bonds is 11. The molecule has 43 heavy (non-hydrogen) atoms. The SMILES string of the molecule is O=C(O)CN(Cc1ccccc1)C(=O)c1cnc(N2CCC[C@H]2C(=O)Nc2ccc(Cl)cc2)nc1CCc1ccccc1. The first-order valence-electron chi connectivity index (χ1n) is 14.2. The highest BCUT2D eigenvalue weighted by Crippen LogP contribution is 2.26. The van der Waals surface area contributed by atoms with Gasteiger partial charge in [-0.1, -0.05) is 72.3 Å². The van der Waals surface area contributed by atoms with Crippen molar-refractivity contribution >= 4 is 41.0 Å². The van der Waals surface area contributed by atoms with E-state index in [1.54, 1.807) is 24.3 Å². The number of carbonyl (C=O) groups is 3. The zero-order valence-corrected chi connectivity index (χ0v) is 24.3. The van der Waals surface area contributed by atoms with Crippen LogP contribution in [0, 0.1) is 0 Å². The number of halogens is 1. The van der Waals surface area contributed by atoms with Gasteiger partial charge < -0.3 is 20.2 Å². The van der Waals surface area contributed by atoms with E-state index in [-0.39, 0.29) is 18.0 Å². The second-order valence-corrected chi connectivity index (χ2v) is 10.8. The van der Waals surface area contributed by atoms with Crippen LogP contribution < -0.4 is 10.2 Å². The van der Waals surface area contributed by atoms with Gasteiger partial charge in [-0.25, -0.2) is 9.97 Å². The fourth-order valence-electron chi connectivity index (χ4n) is 5.20. The predicted octanol–water partition coefficient (Wildman–Crippen LogP) is 5.25. The molecule has 220 valence electrons. The van der Waals surface area contributed by atoms with Gasteiger partial charge >= 0.3 is 5.97 Å². The molecule has 0 bridgehead atoms. The summed E-state index contributed by atoms with van der Waals surface area (Å²) in [5.41, 5.74) is 3.29. The lowest BCUT2D eigenvalue weighted by atomic mass is 10.0. The second-order valence-electron chi connectivity index (χ2n) is 10.4. The summed E-state index contributed by atoms with van der Waals surface area (Å²) in [5, 5.41) is 13.1. The monoisotopic (exact) mass is 597 g/mol. The summed E-state index contributed by atoms with van der Waals surface area (Å²) in [6.45, 7) is 0.251. The predicted molar refractivity (Wildman–Crippen MR) is 165 cm³/mol. The van der Waals surface area contributed by atoms with E-state index in [4.69, 9.17) is 16.6 Å². The molecule has 1 aliphatic heterocycles. The highest BCUT2D eigenvalue weighted by Gasteiger charge is 2.33. The number of aryl methyl sites for hydroxylation is 2. The minimum Gasteiger partial charge on any atom is -0.480 e. The summed E-state index contributed by atoms with van der Waals surface area (Å²) in [4.78, 5) is 51.4. The topological polar surface area (TPSA) is 116 Å². The van der Waals surface area contributed by atoms with Gasteiger partial charge in [-0.15, -0.1) is 0 Å². The van der Waals surface area contributed by atoms with Crippen molar-refractivity contribution in [3.8, 4) is 0 Å². The Bertz CT molecular complexity index is 1570. The Hall–Kier alpha value is -4.76. The summed E-state index contributed by atoms with van der Waals surface area (Å²) in [6.07, 6.45) is 3.94. The number of carbonyl (C=O) groups excluding carboxylic acids is 2. The number of aromatic nitrogens is 2. The van der Waals surface area contributed by atoms with Crippen molar-refractivity contribution in [3.05, 3.63) is 119 Å². The molecule has 5 rings (SSSR count). The van der Waals surface area contributed by atoms with Crippen LogP contribution in [0.2, 0.25) is 5.02 Å². The van der Waals surface area contributed by atoms with Crippen LogP contribution in [0.4, 0.5) is 11.6 Å². The average molecular weight is 598 g/mol. The maximum absolute atomic E-state index is 13.8. The van der Waals surface area contributed by atoms with Crippen LogP contribution in [0.3, 0.4) is 0 Å². The van der Waals surface area contributed by atoms with Crippen molar-refractivity contribution in [2.24, 2.45) is 0 Å². The second kappa shape index (κ2) is 13.9. The van der Waals surface area contributed by atoms with E-state index in [0.29, 0.717) is 48.2 Å². The number of hydrogen-bond acceptors (Lipinski definition) is 6. The molecule has 10 heteroatoms. The molecule has 9 nitrogen and oxygen atoms in total. The Labute approximate surface area is 255 Å². The Morgan fingerprint density at radius 2 is 1.60 bits per heavy atom. The smallest absolute Gasteiger partial charge is 0.323 e. The van der Waals surface area contributed by atoms with Crippen molar-refractivity contribution in [1.29, 1.82) is 0 Å². The zero-order valence-electron chi connectivity index (χ0n) is 23.5. The van der Waals surface area contributed by atoms with E-state index in [9.17, 15) is 19.5 Å². The molecule has 1 fully saturated rings. The number of nitrogens with one attached hydrogen (secondary N) is 1. The Balaban J connectivity index is 1.43.